The number of benzene rings is 1. The fourth-order valence-electron chi connectivity index (χ4n) is 3.39. The quantitative estimate of drug-likeness (QED) is 0.372. The van der Waals surface area contributed by atoms with Crippen molar-refractivity contribution < 1.29 is 23.8 Å². The summed E-state index contributed by atoms with van der Waals surface area (Å²) in [5, 5.41) is 12.8. The van der Waals surface area contributed by atoms with Crippen LogP contribution in [0.1, 0.15) is 29.2 Å². The van der Waals surface area contributed by atoms with E-state index in [1.54, 1.807) is 36.4 Å². The number of likely N-dealkylation sites (tertiary alicyclic amines) is 1. The molecule has 0 bridgehead atoms. The number of ether oxygens (including phenoxy) is 1. The fourth-order valence-corrected chi connectivity index (χ4v) is 4.23. The molecule has 6 nitrogen and oxygen atoms in total. The van der Waals surface area contributed by atoms with Crippen molar-refractivity contribution in [3.8, 4) is 5.75 Å². The number of carbonyl (C=O) groups is 2. The number of ketones is 1. The SMILES string of the molecule is CCOc1ccc(C(O)=C2C(=O)C(=O)N(Cc3ccco3)[C@@H]2c2cccs2)cc1. The summed E-state index contributed by atoms with van der Waals surface area (Å²) in [5.74, 6) is -0.341. The zero-order chi connectivity index (χ0) is 20.4. The van der Waals surface area contributed by atoms with Crippen LogP contribution in [0.25, 0.3) is 5.76 Å². The maximum atomic E-state index is 12.9. The molecule has 7 heteroatoms. The highest BCUT2D eigenvalue weighted by molar-refractivity contribution is 7.10. The van der Waals surface area contributed by atoms with Crippen LogP contribution < -0.4 is 4.74 Å². The molecule has 1 amide bonds. The molecule has 148 valence electrons. The lowest BCUT2D eigenvalue weighted by molar-refractivity contribution is -0.140. The molecule has 3 heterocycles. The first kappa shape index (κ1) is 19.0. The van der Waals surface area contributed by atoms with E-state index in [1.165, 1.54) is 22.5 Å². The van der Waals surface area contributed by atoms with Gasteiger partial charge in [0.15, 0.2) is 0 Å². The maximum absolute atomic E-state index is 12.9. The lowest BCUT2D eigenvalue weighted by Crippen LogP contribution is -2.28. The van der Waals surface area contributed by atoms with E-state index in [9.17, 15) is 14.7 Å². The highest BCUT2D eigenvalue weighted by atomic mass is 32.1. The molecule has 2 aromatic heterocycles. The third-order valence-corrected chi connectivity index (χ3v) is 5.62. The second kappa shape index (κ2) is 7.97. The van der Waals surface area contributed by atoms with Gasteiger partial charge >= 0.3 is 0 Å². The van der Waals surface area contributed by atoms with Gasteiger partial charge < -0.3 is 19.2 Å². The van der Waals surface area contributed by atoms with Crippen LogP contribution in [0, 0.1) is 0 Å². The summed E-state index contributed by atoms with van der Waals surface area (Å²) >= 11 is 1.42. The third-order valence-electron chi connectivity index (χ3n) is 4.70. The summed E-state index contributed by atoms with van der Waals surface area (Å²) in [7, 11) is 0. The van der Waals surface area contributed by atoms with Gasteiger partial charge in [-0.15, -0.1) is 11.3 Å². The van der Waals surface area contributed by atoms with Gasteiger partial charge in [-0.3, -0.25) is 9.59 Å². The number of furan rings is 1. The summed E-state index contributed by atoms with van der Waals surface area (Å²) in [6.07, 6.45) is 1.52. The molecule has 1 aliphatic rings. The van der Waals surface area contributed by atoms with Gasteiger partial charge in [0.2, 0.25) is 0 Å². The standard InChI is InChI=1S/C22H19NO5S/c1-2-27-15-9-7-14(8-10-15)20(24)18-19(17-6-4-12-29-17)23(22(26)21(18)25)13-16-5-3-11-28-16/h3-12,19,24H,2,13H2,1H3/t19-/m1/s1. The first-order valence-corrected chi connectivity index (χ1v) is 10.1. The Kier molecular flexibility index (Phi) is 5.22. The minimum Gasteiger partial charge on any atom is -0.507 e. The number of rotatable bonds is 6. The predicted octanol–water partition coefficient (Wildman–Crippen LogP) is 4.36. The van der Waals surface area contributed by atoms with Crippen molar-refractivity contribution in [3.63, 3.8) is 0 Å². The van der Waals surface area contributed by atoms with Crippen LogP contribution in [0.4, 0.5) is 0 Å². The molecule has 3 aromatic rings. The summed E-state index contributed by atoms with van der Waals surface area (Å²) in [6, 6.07) is 13.3. The van der Waals surface area contributed by atoms with E-state index in [-0.39, 0.29) is 17.9 Å². The van der Waals surface area contributed by atoms with Crippen molar-refractivity contribution in [3.05, 3.63) is 81.9 Å². The average Bonchev–Trinajstić information content (AvgIpc) is 3.47. The fraction of sp³-hybridized carbons (Fsp3) is 0.182. The largest absolute Gasteiger partial charge is 0.507 e. The van der Waals surface area contributed by atoms with E-state index in [2.05, 4.69) is 0 Å². The average molecular weight is 409 g/mol. The molecule has 4 rings (SSSR count). The van der Waals surface area contributed by atoms with Crippen LogP contribution in [0.15, 0.2) is 70.2 Å². The minimum absolute atomic E-state index is 0.0770. The Balaban J connectivity index is 1.78. The van der Waals surface area contributed by atoms with E-state index in [0.717, 1.165) is 4.88 Å². The number of nitrogens with zero attached hydrogens (tertiary/aromatic N) is 1. The molecule has 0 aliphatic carbocycles. The number of carbonyl (C=O) groups excluding carboxylic acids is 2. The first-order valence-electron chi connectivity index (χ1n) is 9.17. The lowest BCUT2D eigenvalue weighted by Gasteiger charge is -2.23. The van der Waals surface area contributed by atoms with Gasteiger partial charge in [0.25, 0.3) is 11.7 Å². The van der Waals surface area contributed by atoms with Crippen molar-refractivity contribution in [2.75, 3.05) is 6.61 Å². The summed E-state index contributed by atoms with van der Waals surface area (Å²) in [4.78, 5) is 27.9. The Hall–Kier alpha value is -3.32. The van der Waals surface area contributed by atoms with Gasteiger partial charge in [-0.25, -0.2) is 0 Å². The minimum atomic E-state index is -0.707. The zero-order valence-electron chi connectivity index (χ0n) is 15.7. The number of aliphatic hydroxyl groups is 1. The van der Waals surface area contributed by atoms with Crippen molar-refractivity contribution in [1.82, 2.24) is 4.90 Å². The zero-order valence-corrected chi connectivity index (χ0v) is 16.5. The number of Topliss-reactive ketones (excluding diaryl/α,β-unsaturated/α-hetero) is 1. The Labute approximate surface area is 171 Å². The van der Waals surface area contributed by atoms with Crippen molar-refractivity contribution in [1.29, 1.82) is 0 Å². The van der Waals surface area contributed by atoms with Crippen LogP contribution >= 0.6 is 11.3 Å². The Morgan fingerprint density at radius 3 is 2.59 bits per heavy atom. The molecule has 0 radical (unpaired) electrons. The van der Waals surface area contributed by atoms with E-state index in [0.29, 0.717) is 23.7 Å². The number of amides is 1. The van der Waals surface area contributed by atoms with E-state index in [1.807, 2.05) is 24.4 Å². The van der Waals surface area contributed by atoms with Gasteiger partial charge in [0.1, 0.15) is 23.3 Å². The molecule has 0 saturated carbocycles. The van der Waals surface area contributed by atoms with E-state index < -0.39 is 17.7 Å². The first-order chi connectivity index (χ1) is 14.1. The molecular weight excluding hydrogens is 390 g/mol. The van der Waals surface area contributed by atoms with Crippen molar-refractivity contribution in [2.45, 2.75) is 19.5 Å². The van der Waals surface area contributed by atoms with Gasteiger partial charge in [0, 0.05) is 10.4 Å². The van der Waals surface area contributed by atoms with Gasteiger partial charge in [-0.2, -0.15) is 0 Å². The number of thiophene rings is 1. The molecule has 1 aliphatic heterocycles. The molecule has 1 N–H and O–H groups in total. The number of hydrogen-bond donors (Lipinski definition) is 1. The van der Waals surface area contributed by atoms with Crippen molar-refractivity contribution in [2.24, 2.45) is 0 Å². The van der Waals surface area contributed by atoms with E-state index >= 15 is 0 Å². The van der Waals surface area contributed by atoms with Crippen molar-refractivity contribution >= 4 is 28.8 Å². The second-order valence-corrected chi connectivity index (χ2v) is 7.46. The number of aliphatic hydroxyl groups excluding tert-OH is 1. The van der Waals surface area contributed by atoms with Gasteiger partial charge in [0.05, 0.1) is 25.0 Å². The van der Waals surface area contributed by atoms with E-state index in [4.69, 9.17) is 9.15 Å². The molecule has 1 atom stereocenters. The predicted molar refractivity (Wildman–Crippen MR) is 108 cm³/mol. The highest BCUT2D eigenvalue weighted by Crippen LogP contribution is 2.41. The van der Waals surface area contributed by atoms with Gasteiger partial charge in [-0.05, 0) is 54.8 Å². The van der Waals surface area contributed by atoms with Crippen LogP contribution in [0.2, 0.25) is 0 Å². The van der Waals surface area contributed by atoms with Crippen LogP contribution in [0.3, 0.4) is 0 Å². The molecule has 0 spiro atoms. The second-order valence-electron chi connectivity index (χ2n) is 6.48. The Morgan fingerprint density at radius 2 is 1.97 bits per heavy atom. The molecule has 1 aromatic carbocycles. The molecule has 29 heavy (non-hydrogen) atoms. The Bertz CT molecular complexity index is 1040. The Morgan fingerprint density at radius 1 is 1.17 bits per heavy atom. The summed E-state index contributed by atoms with van der Waals surface area (Å²) in [5.41, 5.74) is 0.527. The normalized spacial score (nSPS) is 18.4. The molecule has 0 unspecified atom stereocenters. The monoisotopic (exact) mass is 409 g/mol. The maximum Gasteiger partial charge on any atom is 0.296 e. The van der Waals surface area contributed by atoms with Crippen LogP contribution in [0.5, 0.6) is 5.75 Å². The third kappa shape index (κ3) is 3.56. The smallest absolute Gasteiger partial charge is 0.296 e. The van der Waals surface area contributed by atoms with Crippen LogP contribution in [-0.4, -0.2) is 28.3 Å². The lowest BCUT2D eigenvalue weighted by atomic mass is 10.00. The molecular formula is C22H19NO5S. The highest BCUT2D eigenvalue weighted by Gasteiger charge is 2.46. The van der Waals surface area contributed by atoms with Crippen LogP contribution in [-0.2, 0) is 16.1 Å². The summed E-state index contributed by atoms with van der Waals surface area (Å²) < 4.78 is 10.8. The van der Waals surface area contributed by atoms with Gasteiger partial charge in [-0.1, -0.05) is 6.07 Å². The summed E-state index contributed by atoms with van der Waals surface area (Å²) in [6.45, 7) is 2.55. The molecule has 1 saturated heterocycles. The number of hydrogen-bond acceptors (Lipinski definition) is 6. The molecule has 1 fully saturated rings. The topological polar surface area (TPSA) is 80.0 Å².